The summed E-state index contributed by atoms with van der Waals surface area (Å²) in [6, 6.07) is 4.00. The minimum atomic E-state index is -0.00154. The molecular formula is C14H20N2O3. The number of hydrogen-bond acceptors (Lipinski definition) is 4. The molecule has 104 valence electrons. The molecule has 2 aliphatic rings. The molecule has 0 saturated carbocycles. The summed E-state index contributed by atoms with van der Waals surface area (Å²) in [5, 5.41) is 2.73. The second-order valence-corrected chi connectivity index (χ2v) is 5.46. The Morgan fingerprint density at radius 2 is 2.32 bits per heavy atom. The second kappa shape index (κ2) is 4.98. The van der Waals surface area contributed by atoms with E-state index in [1.54, 1.807) is 7.05 Å². The molecule has 19 heavy (non-hydrogen) atoms. The van der Waals surface area contributed by atoms with Crippen LogP contribution in [0.25, 0.3) is 0 Å². The molecule has 1 aromatic heterocycles. The highest BCUT2D eigenvalue weighted by Gasteiger charge is 2.44. The Kier molecular flexibility index (Phi) is 3.33. The van der Waals surface area contributed by atoms with Crippen molar-refractivity contribution in [2.24, 2.45) is 5.92 Å². The summed E-state index contributed by atoms with van der Waals surface area (Å²) in [6.45, 7) is 4.43. The van der Waals surface area contributed by atoms with Crippen LogP contribution in [0.15, 0.2) is 16.5 Å². The van der Waals surface area contributed by atoms with Crippen molar-refractivity contribution < 1.29 is 13.9 Å². The van der Waals surface area contributed by atoms with Crippen LogP contribution >= 0.6 is 0 Å². The van der Waals surface area contributed by atoms with Crippen molar-refractivity contribution in [2.75, 3.05) is 20.1 Å². The molecule has 1 amide bonds. The monoisotopic (exact) mass is 264 g/mol. The van der Waals surface area contributed by atoms with Gasteiger partial charge < -0.3 is 14.5 Å². The molecule has 0 spiro atoms. The third-order valence-electron chi connectivity index (χ3n) is 3.99. The Morgan fingerprint density at radius 1 is 1.47 bits per heavy atom. The van der Waals surface area contributed by atoms with Crippen LogP contribution < -0.4 is 5.32 Å². The number of ether oxygens (including phenoxy) is 1. The number of amides is 1. The molecule has 2 saturated heterocycles. The summed E-state index contributed by atoms with van der Waals surface area (Å²) in [6.07, 6.45) is 1.03. The zero-order chi connectivity index (χ0) is 13.4. The number of fused-ring (bicyclic) bond motifs is 2. The van der Waals surface area contributed by atoms with E-state index in [9.17, 15) is 4.79 Å². The van der Waals surface area contributed by atoms with E-state index in [0.29, 0.717) is 0 Å². The molecule has 3 rings (SSSR count). The molecule has 2 bridgehead atoms. The quantitative estimate of drug-likeness (QED) is 0.882. The van der Waals surface area contributed by atoms with Gasteiger partial charge in [0.15, 0.2) is 0 Å². The van der Waals surface area contributed by atoms with Gasteiger partial charge in [0.2, 0.25) is 5.91 Å². The van der Waals surface area contributed by atoms with E-state index in [1.165, 1.54) is 0 Å². The molecule has 3 unspecified atom stereocenters. The summed E-state index contributed by atoms with van der Waals surface area (Å²) in [4.78, 5) is 14.1. The molecule has 0 radical (unpaired) electrons. The van der Waals surface area contributed by atoms with Crippen LogP contribution in [0.5, 0.6) is 0 Å². The Balaban J connectivity index is 1.64. The molecular weight excluding hydrogens is 244 g/mol. The molecule has 3 heterocycles. The summed E-state index contributed by atoms with van der Waals surface area (Å²) in [7, 11) is 1.69. The van der Waals surface area contributed by atoms with Gasteiger partial charge in [0.05, 0.1) is 24.7 Å². The summed E-state index contributed by atoms with van der Waals surface area (Å²) >= 11 is 0. The highest BCUT2D eigenvalue weighted by Crippen LogP contribution is 2.32. The third-order valence-corrected chi connectivity index (χ3v) is 3.99. The van der Waals surface area contributed by atoms with Gasteiger partial charge in [-0.05, 0) is 25.5 Å². The first-order valence-electron chi connectivity index (χ1n) is 6.80. The number of carbonyl (C=O) groups excluding carboxylic acids is 1. The zero-order valence-electron chi connectivity index (χ0n) is 11.4. The van der Waals surface area contributed by atoms with Crippen LogP contribution in [0.3, 0.4) is 0 Å². The topological polar surface area (TPSA) is 54.7 Å². The average molecular weight is 264 g/mol. The summed E-state index contributed by atoms with van der Waals surface area (Å²) in [5.41, 5.74) is 0. The Hall–Kier alpha value is -1.33. The molecule has 1 N–H and O–H groups in total. The van der Waals surface area contributed by atoms with Crippen LogP contribution in [-0.2, 0) is 16.1 Å². The minimum Gasteiger partial charge on any atom is -0.465 e. The largest absolute Gasteiger partial charge is 0.465 e. The molecule has 3 atom stereocenters. The van der Waals surface area contributed by atoms with E-state index in [4.69, 9.17) is 9.15 Å². The van der Waals surface area contributed by atoms with Gasteiger partial charge in [-0.25, -0.2) is 0 Å². The van der Waals surface area contributed by atoms with Crippen LogP contribution in [0.1, 0.15) is 17.9 Å². The van der Waals surface area contributed by atoms with E-state index >= 15 is 0 Å². The fraction of sp³-hybridized carbons (Fsp3) is 0.643. The predicted octanol–water partition coefficient (Wildman–Crippen LogP) is 0.923. The number of morpholine rings is 1. The van der Waals surface area contributed by atoms with Crippen LogP contribution in [0.2, 0.25) is 0 Å². The zero-order valence-corrected chi connectivity index (χ0v) is 11.4. The van der Waals surface area contributed by atoms with Gasteiger partial charge in [0.25, 0.3) is 0 Å². The molecule has 2 aliphatic heterocycles. The van der Waals surface area contributed by atoms with Crippen molar-refractivity contribution >= 4 is 5.91 Å². The van der Waals surface area contributed by atoms with Crippen molar-refractivity contribution in [2.45, 2.75) is 32.1 Å². The van der Waals surface area contributed by atoms with Crippen LogP contribution in [0, 0.1) is 12.8 Å². The van der Waals surface area contributed by atoms with Gasteiger partial charge in [0.1, 0.15) is 11.5 Å². The number of likely N-dealkylation sites (tertiary alicyclic amines) is 1. The van der Waals surface area contributed by atoms with Crippen molar-refractivity contribution in [1.29, 1.82) is 0 Å². The standard InChI is InChI=1S/C14H20N2O3/c1-9-3-4-10(18-9)6-16-7-11-5-12(14(17)15-2)13(8-16)19-11/h3-4,11-13H,5-8H2,1-2H3,(H,15,17). The molecule has 0 aliphatic carbocycles. The van der Waals surface area contributed by atoms with E-state index < -0.39 is 0 Å². The lowest BCUT2D eigenvalue weighted by Gasteiger charge is -2.32. The van der Waals surface area contributed by atoms with Gasteiger partial charge in [-0.15, -0.1) is 0 Å². The van der Waals surface area contributed by atoms with Gasteiger partial charge in [-0.3, -0.25) is 9.69 Å². The van der Waals surface area contributed by atoms with Crippen molar-refractivity contribution in [1.82, 2.24) is 10.2 Å². The smallest absolute Gasteiger partial charge is 0.225 e. The van der Waals surface area contributed by atoms with Crippen LogP contribution in [0.4, 0.5) is 0 Å². The average Bonchev–Trinajstić information content (AvgIpc) is 2.92. The molecule has 5 heteroatoms. The van der Waals surface area contributed by atoms with Crippen LogP contribution in [-0.4, -0.2) is 43.2 Å². The lowest BCUT2D eigenvalue weighted by molar-refractivity contribution is -0.127. The maximum absolute atomic E-state index is 11.8. The number of carbonyl (C=O) groups is 1. The first kappa shape index (κ1) is 12.7. The number of nitrogens with zero attached hydrogens (tertiary/aromatic N) is 1. The van der Waals surface area contributed by atoms with Gasteiger partial charge in [0, 0.05) is 20.1 Å². The normalized spacial score (nSPS) is 30.5. The van der Waals surface area contributed by atoms with E-state index in [1.807, 2.05) is 19.1 Å². The number of furan rings is 1. The first-order chi connectivity index (χ1) is 9.15. The Bertz CT molecular complexity index is 471. The summed E-state index contributed by atoms with van der Waals surface area (Å²) in [5.74, 6) is 2.02. The number of rotatable bonds is 3. The highest BCUT2D eigenvalue weighted by atomic mass is 16.5. The van der Waals surface area contributed by atoms with E-state index in [-0.39, 0.29) is 24.0 Å². The van der Waals surface area contributed by atoms with E-state index in [0.717, 1.165) is 37.6 Å². The predicted molar refractivity (Wildman–Crippen MR) is 69.6 cm³/mol. The van der Waals surface area contributed by atoms with Crippen molar-refractivity contribution in [3.05, 3.63) is 23.7 Å². The number of nitrogens with one attached hydrogen (secondary N) is 1. The number of aryl methyl sites for hydroxylation is 1. The first-order valence-corrected chi connectivity index (χ1v) is 6.80. The molecule has 5 nitrogen and oxygen atoms in total. The fourth-order valence-corrected chi connectivity index (χ4v) is 3.12. The van der Waals surface area contributed by atoms with Gasteiger partial charge in [-0.1, -0.05) is 0 Å². The Morgan fingerprint density at radius 3 is 3.00 bits per heavy atom. The summed E-state index contributed by atoms with van der Waals surface area (Å²) < 4.78 is 11.5. The SMILES string of the molecule is CNC(=O)C1CC2CN(Cc3ccc(C)o3)CC1O2. The Labute approximate surface area is 112 Å². The fourth-order valence-electron chi connectivity index (χ4n) is 3.12. The van der Waals surface area contributed by atoms with Crippen molar-refractivity contribution in [3.8, 4) is 0 Å². The maximum atomic E-state index is 11.8. The highest BCUT2D eigenvalue weighted by molar-refractivity contribution is 5.79. The number of hydrogen-bond donors (Lipinski definition) is 1. The maximum Gasteiger partial charge on any atom is 0.225 e. The lowest BCUT2D eigenvalue weighted by Crippen LogP contribution is -2.44. The van der Waals surface area contributed by atoms with E-state index in [2.05, 4.69) is 10.2 Å². The van der Waals surface area contributed by atoms with Gasteiger partial charge >= 0.3 is 0 Å². The van der Waals surface area contributed by atoms with Crippen molar-refractivity contribution in [3.63, 3.8) is 0 Å². The second-order valence-electron chi connectivity index (χ2n) is 5.46. The molecule has 2 fully saturated rings. The molecule has 0 aromatic carbocycles. The van der Waals surface area contributed by atoms with Gasteiger partial charge in [-0.2, -0.15) is 0 Å². The molecule has 1 aromatic rings. The third kappa shape index (κ3) is 2.53. The minimum absolute atomic E-state index is 0.00154. The lowest BCUT2D eigenvalue weighted by atomic mass is 10.00.